The zero-order valence-corrected chi connectivity index (χ0v) is 18.3. The predicted octanol–water partition coefficient (Wildman–Crippen LogP) is 3.20. The summed E-state index contributed by atoms with van der Waals surface area (Å²) >= 11 is 0. The van der Waals surface area contributed by atoms with Crippen molar-refractivity contribution in [3.05, 3.63) is 24.0 Å². The van der Waals surface area contributed by atoms with Gasteiger partial charge in [-0.3, -0.25) is 4.79 Å². The Morgan fingerprint density at radius 1 is 1.06 bits per heavy atom. The Bertz CT molecular complexity index is 972. The Hall–Kier alpha value is -2.78. The molecule has 2 saturated carbocycles. The molecular formula is C22H29F2N7O. The second-order valence-electron chi connectivity index (χ2n) is 9.12. The Kier molecular flexibility index (Phi) is 5.46. The number of hydrogen-bond donors (Lipinski definition) is 1. The first-order valence-corrected chi connectivity index (χ1v) is 11.5. The van der Waals surface area contributed by atoms with Gasteiger partial charge in [-0.2, -0.15) is 15.1 Å². The van der Waals surface area contributed by atoms with Gasteiger partial charge in [0, 0.05) is 75.9 Å². The van der Waals surface area contributed by atoms with Crippen molar-refractivity contribution in [3.63, 3.8) is 0 Å². The van der Waals surface area contributed by atoms with Gasteiger partial charge >= 0.3 is 0 Å². The second-order valence-corrected chi connectivity index (χ2v) is 9.12. The van der Waals surface area contributed by atoms with E-state index in [4.69, 9.17) is 9.97 Å². The zero-order valence-electron chi connectivity index (χ0n) is 18.3. The van der Waals surface area contributed by atoms with Crippen molar-refractivity contribution in [2.45, 2.75) is 63.3 Å². The maximum Gasteiger partial charge on any atom is 0.248 e. The van der Waals surface area contributed by atoms with E-state index in [0.717, 1.165) is 24.4 Å². The van der Waals surface area contributed by atoms with Crippen LogP contribution in [0.1, 0.15) is 57.1 Å². The maximum atomic E-state index is 13.6. The van der Waals surface area contributed by atoms with Crippen molar-refractivity contribution in [1.82, 2.24) is 24.6 Å². The summed E-state index contributed by atoms with van der Waals surface area (Å²) in [5.74, 6) is -0.101. The molecule has 0 radical (unpaired) electrons. The minimum absolute atomic E-state index is 0.0761. The molecule has 1 N–H and O–H groups in total. The van der Waals surface area contributed by atoms with Gasteiger partial charge in [0.05, 0.1) is 0 Å². The van der Waals surface area contributed by atoms with Gasteiger partial charge in [-0.15, -0.1) is 0 Å². The third-order valence-electron chi connectivity index (χ3n) is 6.68. The quantitative estimate of drug-likeness (QED) is 0.762. The minimum Gasteiger partial charge on any atom is -0.353 e. The first kappa shape index (κ1) is 21.1. The van der Waals surface area contributed by atoms with Crippen LogP contribution in [0.5, 0.6) is 0 Å². The molecule has 2 aromatic heterocycles. The van der Waals surface area contributed by atoms with Crippen LogP contribution in [0, 0.1) is 0 Å². The molecular weight excluding hydrogens is 416 g/mol. The highest BCUT2D eigenvalue weighted by molar-refractivity contribution is 5.73. The van der Waals surface area contributed by atoms with E-state index >= 15 is 0 Å². The fraction of sp³-hybridized carbons (Fsp3) is 0.636. The van der Waals surface area contributed by atoms with Gasteiger partial charge in [0.1, 0.15) is 5.82 Å². The third kappa shape index (κ3) is 4.54. The van der Waals surface area contributed by atoms with Gasteiger partial charge in [0.25, 0.3) is 0 Å². The van der Waals surface area contributed by atoms with E-state index in [0.29, 0.717) is 56.7 Å². The molecule has 10 heteroatoms. The van der Waals surface area contributed by atoms with Crippen LogP contribution in [0.4, 0.5) is 20.5 Å². The summed E-state index contributed by atoms with van der Waals surface area (Å²) in [5, 5.41) is 7.81. The summed E-state index contributed by atoms with van der Waals surface area (Å²) in [6.07, 6.45) is 4.64. The smallest absolute Gasteiger partial charge is 0.248 e. The first-order chi connectivity index (χ1) is 15.4. The zero-order chi connectivity index (χ0) is 22.3. The Balaban J connectivity index is 1.41. The molecule has 172 valence electrons. The number of halogens is 2. The van der Waals surface area contributed by atoms with Crippen LogP contribution in [0.15, 0.2) is 18.3 Å². The fourth-order valence-electron chi connectivity index (χ4n) is 4.57. The van der Waals surface area contributed by atoms with E-state index < -0.39 is 5.92 Å². The predicted molar refractivity (Wildman–Crippen MR) is 116 cm³/mol. The summed E-state index contributed by atoms with van der Waals surface area (Å²) in [7, 11) is 0. The van der Waals surface area contributed by atoms with E-state index in [1.54, 1.807) is 13.1 Å². The number of rotatable bonds is 5. The molecule has 1 aliphatic heterocycles. The molecule has 32 heavy (non-hydrogen) atoms. The van der Waals surface area contributed by atoms with Crippen molar-refractivity contribution >= 4 is 17.7 Å². The number of nitrogens with zero attached hydrogens (tertiary/aromatic N) is 6. The molecule has 1 saturated heterocycles. The van der Waals surface area contributed by atoms with Crippen molar-refractivity contribution in [3.8, 4) is 5.82 Å². The van der Waals surface area contributed by atoms with E-state index in [1.165, 1.54) is 0 Å². The minimum atomic E-state index is -2.57. The van der Waals surface area contributed by atoms with Gasteiger partial charge in [-0.1, -0.05) is 0 Å². The number of nitrogens with one attached hydrogen (secondary N) is 1. The summed E-state index contributed by atoms with van der Waals surface area (Å²) < 4.78 is 29.0. The Morgan fingerprint density at radius 3 is 2.41 bits per heavy atom. The number of alkyl halides is 2. The highest BCUT2D eigenvalue weighted by Gasteiger charge is 2.35. The van der Waals surface area contributed by atoms with E-state index in [1.807, 2.05) is 21.7 Å². The molecule has 2 aromatic rings. The lowest BCUT2D eigenvalue weighted by Gasteiger charge is -2.35. The molecule has 1 amide bonds. The van der Waals surface area contributed by atoms with Gasteiger partial charge in [-0.25, -0.2) is 13.5 Å². The van der Waals surface area contributed by atoms with Gasteiger partial charge in [0.15, 0.2) is 5.82 Å². The SMILES string of the molecule is CC(=O)N1CCN(c2cc(-n3nccc3C3CC3)nc(NC3CCC(F)(F)CC3)n2)CC1. The average molecular weight is 446 g/mol. The lowest BCUT2D eigenvalue weighted by molar-refractivity contribution is -0.129. The molecule has 3 aliphatic rings. The first-order valence-electron chi connectivity index (χ1n) is 11.5. The van der Waals surface area contributed by atoms with Crippen LogP contribution in [-0.2, 0) is 4.79 Å². The van der Waals surface area contributed by atoms with E-state index in [-0.39, 0.29) is 24.8 Å². The lowest BCUT2D eigenvalue weighted by atomic mass is 9.92. The lowest BCUT2D eigenvalue weighted by Crippen LogP contribution is -2.48. The largest absolute Gasteiger partial charge is 0.353 e. The van der Waals surface area contributed by atoms with Gasteiger partial charge in [-0.05, 0) is 31.7 Å². The number of carbonyl (C=O) groups is 1. The summed E-state index contributed by atoms with van der Waals surface area (Å²) in [6, 6.07) is 3.89. The molecule has 0 spiro atoms. The Labute approximate surface area is 186 Å². The van der Waals surface area contributed by atoms with Crippen molar-refractivity contribution < 1.29 is 13.6 Å². The summed E-state index contributed by atoms with van der Waals surface area (Å²) in [4.78, 5) is 25.1. The number of carbonyl (C=O) groups excluding carboxylic acids is 1. The number of anilines is 2. The van der Waals surface area contributed by atoms with E-state index in [2.05, 4.69) is 15.3 Å². The maximum absolute atomic E-state index is 13.6. The van der Waals surface area contributed by atoms with Crippen LogP contribution in [0.2, 0.25) is 0 Å². The van der Waals surface area contributed by atoms with Crippen molar-refractivity contribution in [2.75, 3.05) is 36.4 Å². The van der Waals surface area contributed by atoms with Crippen LogP contribution in [0.25, 0.3) is 5.82 Å². The Morgan fingerprint density at radius 2 is 1.75 bits per heavy atom. The van der Waals surface area contributed by atoms with Gasteiger partial charge < -0.3 is 15.1 Å². The number of piperazine rings is 1. The van der Waals surface area contributed by atoms with Crippen LogP contribution in [-0.4, -0.2) is 68.7 Å². The highest BCUT2D eigenvalue weighted by Crippen LogP contribution is 2.40. The molecule has 0 aromatic carbocycles. The number of aromatic nitrogens is 4. The highest BCUT2D eigenvalue weighted by atomic mass is 19.3. The molecule has 2 aliphatic carbocycles. The van der Waals surface area contributed by atoms with Crippen molar-refractivity contribution in [1.29, 1.82) is 0 Å². The average Bonchev–Trinajstić information content (AvgIpc) is 3.51. The standard InChI is InChI=1S/C22H29F2N7O/c1-15(32)29-10-12-30(13-11-29)19-14-20(31-18(6-9-25-31)16-2-3-16)28-21(27-19)26-17-4-7-22(23,24)8-5-17/h6,9,14,16-17H,2-5,7-8,10-13H2,1H3,(H,26,27,28). The van der Waals surface area contributed by atoms with Gasteiger partial charge in [0.2, 0.25) is 17.8 Å². The second kappa shape index (κ2) is 8.29. The molecule has 0 bridgehead atoms. The van der Waals surface area contributed by atoms with E-state index in [9.17, 15) is 13.6 Å². The summed E-state index contributed by atoms with van der Waals surface area (Å²) in [6.45, 7) is 4.24. The third-order valence-corrected chi connectivity index (χ3v) is 6.68. The molecule has 0 atom stereocenters. The topological polar surface area (TPSA) is 79.2 Å². The van der Waals surface area contributed by atoms with Crippen molar-refractivity contribution in [2.24, 2.45) is 0 Å². The normalized spacial score (nSPS) is 21.6. The van der Waals surface area contributed by atoms with Crippen LogP contribution >= 0.6 is 0 Å². The molecule has 8 nitrogen and oxygen atoms in total. The number of amides is 1. The van der Waals surface area contributed by atoms with Crippen LogP contribution < -0.4 is 10.2 Å². The molecule has 5 rings (SSSR count). The monoisotopic (exact) mass is 445 g/mol. The van der Waals surface area contributed by atoms with Crippen LogP contribution in [0.3, 0.4) is 0 Å². The summed E-state index contributed by atoms with van der Waals surface area (Å²) in [5.41, 5.74) is 1.14. The number of hydrogen-bond acceptors (Lipinski definition) is 6. The molecule has 0 unspecified atom stereocenters. The molecule has 3 heterocycles. The molecule has 3 fully saturated rings. The fourth-order valence-corrected chi connectivity index (χ4v) is 4.57.